The Balaban J connectivity index is 1.49. The highest BCUT2D eigenvalue weighted by Gasteiger charge is 2.16. The number of methoxy groups -OCH3 is 1. The number of piperazine rings is 1. The summed E-state index contributed by atoms with van der Waals surface area (Å²) in [6.07, 6.45) is 0.880. The minimum atomic E-state index is 0.763. The molecule has 0 spiro atoms. The van der Waals surface area contributed by atoms with Gasteiger partial charge in [-0.25, -0.2) is 0 Å². The zero-order valence-corrected chi connectivity index (χ0v) is 19.2. The van der Waals surface area contributed by atoms with Gasteiger partial charge in [0, 0.05) is 52.9 Å². The molecule has 2 aromatic rings. The Morgan fingerprint density at radius 1 is 0.903 bits per heavy atom. The van der Waals surface area contributed by atoms with Crippen LogP contribution in [0, 0.1) is 0 Å². The normalized spacial score (nSPS) is 15.6. The lowest BCUT2D eigenvalue weighted by atomic mass is 10.1. The average Bonchev–Trinajstić information content (AvgIpc) is 2.83. The zero-order valence-electron chi connectivity index (χ0n) is 19.2. The molecule has 2 aromatic carbocycles. The number of nitrogens with one attached hydrogen (secondary N) is 2. The van der Waals surface area contributed by atoms with Gasteiger partial charge in [0.15, 0.2) is 5.96 Å². The lowest BCUT2D eigenvalue weighted by Gasteiger charge is -2.34. The van der Waals surface area contributed by atoms with E-state index in [4.69, 9.17) is 4.74 Å². The van der Waals surface area contributed by atoms with E-state index in [9.17, 15) is 0 Å². The van der Waals surface area contributed by atoms with Crippen LogP contribution in [-0.4, -0.2) is 69.2 Å². The Kier molecular flexibility index (Phi) is 9.18. The number of hydrogen-bond acceptors (Lipinski definition) is 4. The SMILES string of the molecule is CCN1CCN(Cc2ccccc2CNC(=NC)NCCc2ccccc2OC)CC1. The average molecular weight is 424 g/mol. The number of ether oxygens (including phenoxy) is 1. The molecule has 1 aliphatic rings. The van der Waals surface area contributed by atoms with Crippen LogP contribution in [0.4, 0.5) is 0 Å². The van der Waals surface area contributed by atoms with Gasteiger partial charge in [-0.2, -0.15) is 0 Å². The maximum atomic E-state index is 5.44. The fraction of sp³-hybridized carbons (Fsp3) is 0.480. The molecule has 0 amide bonds. The molecule has 168 valence electrons. The molecule has 6 nitrogen and oxygen atoms in total. The van der Waals surface area contributed by atoms with Crippen LogP contribution in [0.15, 0.2) is 53.5 Å². The van der Waals surface area contributed by atoms with E-state index < -0.39 is 0 Å². The maximum Gasteiger partial charge on any atom is 0.191 e. The molecule has 1 saturated heterocycles. The molecular formula is C25H37N5O. The lowest BCUT2D eigenvalue weighted by molar-refractivity contribution is 0.131. The van der Waals surface area contributed by atoms with E-state index in [2.05, 4.69) is 62.7 Å². The molecule has 0 unspecified atom stereocenters. The van der Waals surface area contributed by atoms with E-state index >= 15 is 0 Å². The number of hydrogen-bond donors (Lipinski definition) is 2. The molecule has 1 heterocycles. The Labute approximate surface area is 187 Å². The Morgan fingerprint density at radius 2 is 1.55 bits per heavy atom. The van der Waals surface area contributed by atoms with Gasteiger partial charge in [0.25, 0.3) is 0 Å². The predicted molar refractivity (Wildman–Crippen MR) is 129 cm³/mol. The van der Waals surface area contributed by atoms with Crippen molar-refractivity contribution in [2.45, 2.75) is 26.4 Å². The number of rotatable bonds is 9. The highest BCUT2D eigenvalue weighted by Crippen LogP contribution is 2.17. The van der Waals surface area contributed by atoms with Gasteiger partial charge in [-0.05, 0) is 35.7 Å². The van der Waals surface area contributed by atoms with Gasteiger partial charge in [0.1, 0.15) is 5.75 Å². The first-order chi connectivity index (χ1) is 15.2. The number of guanidine groups is 1. The Morgan fingerprint density at radius 3 is 2.23 bits per heavy atom. The van der Waals surface area contributed by atoms with E-state index in [1.807, 2.05) is 25.2 Å². The Hall–Kier alpha value is -2.57. The van der Waals surface area contributed by atoms with Crippen LogP contribution in [0.3, 0.4) is 0 Å². The third kappa shape index (κ3) is 6.97. The van der Waals surface area contributed by atoms with Crippen molar-refractivity contribution in [2.75, 3.05) is 53.4 Å². The first-order valence-corrected chi connectivity index (χ1v) is 11.3. The zero-order chi connectivity index (χ0) is 21.9. The summed E-state index contributed by atoms with van der Waals surface area (Å²) in [6, 6.07) is 16.9. The summed E-state index contributed by atoms with van der Waals surface area (Å²) >= 11 is 0. The van der Waals surface area contributed by atoms with E-state index in [0.717, 1.165) is 57.4 Å². The van der Waals surface area contributed by atoms with Gasteiger partial charge in [-0.3, -0.25) is 9.89 Å². The first-order valence-electron chi connectivity index (χ1n) is 11.3. The highest BCUT2D eigenvalue weighted by atomic mass is 16.5. The molecule has 31 heavy (non-hydrogen) atoms. The molecule has 2 N–H and O–H groups in total. The van der Waals surface area contributed by atoms with Crippen molar-refractivity contribution in [3.05, 3.63) is 65.2 Å². The second-order valence-corrected chi connectivity index (χ2v) is 7.89. The molecule has 0 radical (unpaired) electrons. The third-order valence-corrected chi connectivity index (χ3v) is 5.97. The van der Waals surface area contributed by atoms with Crippen LogP contribution in [-0.2, 0) is 19.5 Å². The quantitative estimate of drug-likeness (QED) is 0.480. The van der Waals surface area contributed by atoms with Crippen molar-refractivity contribution >= 4 is 5.96 Å². The van der Waals surface area contributed by atoms with Gasteiger partial charge in [-0.1, -0.05) is 49.4 Å². The molecule has 0 aromatic heterocycles. The standard InChI is InChI=1S/C25H37N5O/c1-4-29-15-17-30(18-16-29)20-23-11-6-5-10-22(23)19-28-25(26-2)27-14-13-21-9-7-8-12-24(21)31-3/h5-12H,4,13-20H2,1-3H3,(H2,26,27,28). The van der Waals surface area contributed by atoms with Crippen LogP contribution < -0.4 is 15.4 Å². The molecule has 0 bridgehead atoms. The van der Waals surface area contributed by atoms with Crippen molar-refractivity contribution in [2.24, 2.45) is 4.99 Å². The molecule has 0 aliphatic carbocycles. The number of likely N-dealkylation sites (N-methyl/N-ethyl adjacent to an activating group) is 1. The van der Waals surface area contributed by atoms with Crippen LogP contribution >= 0.6 is 0 Å². The van der Waals surface area contributed by atoms with Crippen molar-refractivity contribution in [1.29, 1.82) is 0 Å². The van der Waals surface area contributed by atoms with Crippen molar-refractivity contribution in [1.82, 2.24) is 20.4 Å². The summed E-state index contributed by atoms with van der Waals surface area (Å²) in [5, 5.41) is 6.89. The molecule has 1 fully saturated rings. The highest BCUT2D eigenvalue weighted by molar-refractivity contribution is 5.79. The van der Waals surface area contributed by atoms with Gasteiger partial charge in [0.2, 0.25) is 0 Å². The Bertz CT molecular complexity index is 830. The lowest BCUT2D eigenvalue weighted by Crippen LogP contribution is -2.45. The maximum absolute atomic E-state index is 5.44. The minimum Gasteiger partial charge on any atom is -0.496 e. The second-order valence-electron chi connectivity index (χ2n) is 7.89. The van der Waals surface area contributed by atoms with Crippen molar-refractivity contribution in [3.8, 4) is 5.75 Å². The summed E-state index contributed by atoms with van der Waals surface area (Å²) in [4.78, 5) is 9.47. The number of benzene rings is 2. The van der Waals surface area contributed by atoms with Gasteiger partial charge >= 0.3 is 0 Å². The van der Waals surface area contributed by atoms with Gasteiger partial charge in [-0.15, -0.1) is 0 Å². The second kappa shape index (κ2) is 12.3. The summed E-state index contributed by atoms with van der Waals surface area (Å²) in [5.41, 5.74) is 3.92. The summed E-state index contributed by atoms with van der Waals surface area (Å²) < 4.78 is 5.44. The fourth-order valence-electron chi connectivity index (χ4n) is 4.01. The van der Waals surface area contributed by atoms with Crippen LogP contribution in [0.5, 0.6) is 5.75 Å². The van der Waals surface area contributed by atoms with Crippen LogP contribution in [0.2, 0.25) is 0 Å². The van der Waals surface area contributed by atoms with Crippen LogP contribution in [0.1, 0.15) is 23.6 Å². The number of aliphatic imine (C=N–C) groups is 1. The van der Waals surface area contributed by atoms with Gasteiger partial charge in [0.05, 0.1) is 7.11 Å². The number of para-hydroxylation sites is 1. The molecule has 6 heteroatoms. The molecule has 0 atom stereocenters. The number of nitrogens with zero attached hydrogens (tertiary/aromatic N) is 3. The molecule has 1 aliphatic heterocycles. The smallest absolute Gasteiger partial charge is 0.191 e. The fourth-order valence-corrected chi connectivity index (χ4v) is 4.01. The molecule has 3 rings (SSSR count). The van der Waals surface area contributed by atoms with Crippen molar-refractivity contribution < 1.29 is 4.74 Å². The molecular weight excluding hydrogens is 386 g/mol. The topological polar surface area (TPSA) is 52.1 Å². The molecule has 0 saturated carbocycles. The van der Waals surface area contributed by atoms with Crippen LogP contribution in [0.25, 0.3) is 0 Å². The predicted octanol–water partition coefficient (Wildman–Crippen LogP) is 2.74. The van der Waals surface area contributed by atoms with Gasteiger partial charge < -0.3 is 20.3 Å². The monoisotopic (exact) mass is 423 g/mol. The summed E-state index contributed by atoms with van der Waals surface area (Å²) in [5.74, 6) is 1.75. The van der Waals surface area contributed by atoms with E-state index in [-0.39, 0.29) is 0 Å². The van der Waals surface area contributed by atoms with E-state index in [1.165, 1.54) is 29.8 Å². The minimum absolute atomic E-state index is 0.763. The summed E-state index contributed by atoms with van der Waals surface area (Å²) in [6.45, 7) is 10.6. The summed E-state index contributed by atoms with van der Waals surface area (Å²) in [7, 11) is 3.53. The largest absolute Gasteiger partial charge is 0.496 e. The first kappa shape index (κ1) is 23.1. The van der Waals surface area contributed by atoms with E-state index in [0.29, 0.717) is 0 Å². The van der Waals surface area contributed by atoms with E-state index in [1.54, 1.807) is 7.11 Å². The third-order valence-electron chi connectivity index (χ3n) is 5.97. The van der Waals surface area contributed by atoms with Crippen molar-refractivity contribution in [3.63, 3.8) is 0 Å².